The van der Waals surface area contributed by atoms with Crippen molar-refractivity contribution in [2.24, 2.45) is 0 Å². The number of methoxy groups -OCH3 is 2. The van der Waals surface area contributed by atoms with Crippen LogP contribution in [0.15, 0.2) is 12.1 Å². The van der Waals surface area contributed by atoms with Gasteiger partial charge >= 0.3 is 0 Å². The van der Waals surface area contributed by atoms with Gasteiger partial charge in [0.25, 0.3) is 0 Å². The second-order valence-corrected chi connectivity index (χ2v) is 5.25. The number of anilines is 2. The first-order valence-corrected chi connectivity index (χ1v) is 7.14. The minimum atomic E-state index is 0.0978. The largest absolute Gasteiger partial charge is 0.493 e. The Morgan fingerprint density at radius 1 is 1.09 bits per heavy atom. The molecular formula is C14H16ClN5O2. The Morgan fingerprint density at radius 2 is 1.77 bits per heavy atom. The molecule has 3 rings (SSSR count). The molecule has 1 aromatic heterocycles. The standard InChI is InChI=1S/C14H16ClN5O2/c1-21-10-5-8-3-4-20(7-9(8)6-11(10)22-2)14-18-12(15)17-13(16)19-14/h5-6H,3-4,7H2,1-2H3,(H2,16,17,18,19). The fourth-order valence-electron chi connectivity index (χ4n) is 2.55. The smallest absolute Gasteiger partial charge is 0.231 e. The van der Waals surface area contributed by atoms with Crippen LogP contribution in [0.4, 0.5) is 11.9 Å². The Balaban J connectivity index is 1.93. The molecule has 1 aliphatic heterocycles. The SMILES string of the molecule is COc1cc2c(cc1OC)CN(c1nc(N)nc(Cl)n1)CC2. The molecule has 8 heteroatoms. The van der Waals surface area contributed by atoms with Gasteiger partial charge in [0.15, 0.2) is 11.5 Å². The molecule has 0 amide bonds. The van der Waals surface area contributed by atoms with Gasteiger partial charge in [-0.3, -0.25) is 0 Å². The Bertz CT molecular complexity index is 690. The van der Waals surface area contributed by atoms with Gasteiger partial charge in [0, 0.05) is 13.1 Å². The zero-order valence-corrected chi connectivity index (χ0v) is 13.1. The Labute approximate surface area is 133 Å². The molecular weight excluding hydrogens is 306 g/mol. The van der Waals surface area contributed by atoms with E-state index in [9.17, 15) is 0 Å². The van der Waals surface area contributed by atoms with Crippen LogP contribution >= 0.6 is 11.6 Å². The van der Waals surface area contributed by atoms with Crippen molar-refractivity contribution >= 4 is 23.5 Å². The number of benzene rings is 1. The van der Waals surface area contributed by atoms with Gasteiger partial charge < -0.3 is 20.1 Å². The maximum Gasteiger partial charge on any atom is 0.231 e. The van der Waals surface area contributed by atoms with Gasteiger partial charge in [0.05, 0.1) is 14.2 Å². The van der Waals surface area contributed by atoms with Crippen molar-refractivity contribution in [3.05, 3.63) is 28.5 Å². The minimum Gasteiger partial charge on any atom is -0.493 e. The lowest BCUT2D eigenvalue weighted by Gasteiger charge is -2.29. The van der Waals surface area contributed by atoms with Crippen LogP contribution in [0.5, 0.6) is 11.5 Å². The third-order valence-electron chi connectivity index (χ3n) is 3.61. The predicted molar refractivity (Wildman–Crippen MR) is 83.5 cm³/mol. The van der Waals surface area contributed by atoms with E-state index in [-0.39, 0.29) is 11.2 Å². The number of hydrogen-bond donors (Lipinski definition) is 1. The van der Waals surface area contributed by atoms with Gasteiger partial charge in [-0.1, -0.05) is 0 Å². The number of ether oxygens (including phenoxy) is 2. The molecule has 0 saturated carbocycles. The second-order valence-electron chi connectivity index (χ2n) is 4.91. The second kappa shape index (κ2) is 5.84. The van der Waals surface area contributed by atoms with E-state index in [4.69, 9.17) is 26.8 Å². The van der Waals surface area contributed by atoms with Gasteiger partial charge in [-0.05, 0) is 41.3 Å². The highest BCUT2D eigenvalue weighted by atomic mass is 35.5. The number of nitrogens with zero attached hydrogens (tertiary/aromatic N) is 4. The van der Waals surface area contributed by atoms with E-state index in [2.05, 4.69) is 15.0 Å². The molecule has 0 saturated heterocycles. The van der Waals surface area contributed by atoms with E-state index >= 15 is 0 Å². The molecule has 0 bridgehead atoms. The van der Waals surface area contributed by atoms with Crippen molar-refractivity contribution in [2.45, 2.75) is 13.0 Å². The zero-order valence-electron chi connectivity index (χ0n) is 12.3. The van der Waals surface area contributed by atoms with E-state index in [1.54, 1.807) is 14.2 Å². The molecule has 0 aliphatic carbocycles. The van der Waals surface area contributed by atoms with Crippen molar-refractivity contribution in [3.63, 3.8) is 0 Å². The van der Waals surface area contributed by atoms with Crippen molar-refractivity contribution in [3.8, 4) is 11.5 Å². The zero-order chi connectivity index (χ0) is 15.7. The quantitative estimate of drug-likeness (QED) is 0.920. The van der Waals surface area contributed by atoms with Crippen LogP contribution in [0.3, 0.4) is 0 Å². The summed E-state index contributed by atoms with van der Waals surface area (Å²) >= 11 is 5.85. The van der Waals surface area contributed by atoms with Crippen molar-refractivity contribution in [2.75, 3.05) is 31.4 Å². The van der Waals surface area contributed by atoms with Crippen LogP contribution in [-0.2, 0) is 13.0 Å². The Hall–Kier alpha value is -2.28. The number of aromatic nitrogens is 3. The molecule has 1 aliphatic rings. The molecule has 116 valence electrons. The number of fused-ring (bicyclic) bond motifs is 1. The Morgan fingerprint density at radius 3 is 2.41 bits per heavy atom. The number of nitrogens with two attached hydrogens (primary N) is 1. The van der Waals surface area contributed by atoms with Gasteiger partial charge in [0.1, 0.15) is 0 Å². The van der Waals surface area contributed by atoms with Gasteiger partial charge in [-0.15, -0.1) is 0 Å². The summed E-state index contributed by atoms with van der Waals surface area (Å²) < 4.78 is 10.7. The van der Waals surface area contributed by atoms with E-state index in [0.717, 1.165) is 24.3 Å². The van der Waals surface area contributed by atoms with Gasteiger partial charge in [0.2, 0.25) is 17.2 Å². The van der Waals surface area contributed by atoms with Crippen molar-refractivity contribution < 1.29 is 9.47 Å². The molecule has 2 N–H and O–H groups in total. The maximum atomic E-state index is 5.85. The average Bonchev–Trinajstić information content (AvgIpc) is 2.52. The molecule has 0 spiro atoms. The summed E-state index contributed by atoms with van der Waals surface area (Å²) in [7, 11) is 3.26. The average molecular weight is 322 g/mol. The first kappa shape index (κ1) is 14.6. The molecule has 0 atom stereocenters. The van der Waals surface area contributed by atoms with Crippen LogP contribution in [0.1, 0.15) is 11.1 Å². The van der Waals surface area contributed by atoms with Crippen LogP contribution < -0.4 is 20.1 Å². The summed E-state index contributed by atoms with van der Waals surface area (Å²) in [6, 6.07) is 3.99. The first-order valence-electron chi connectivity index (χ1n) is 6.76. The summed E-state index contributed by atoms with van der Waals surface area (Å²) in [6.07, 6.45) is 0.846. The number of rotatable bonds is 3. The maximum absolute atomic E-state index is 5.85. The van der Waals surface area contributed by atoms with Gasteiger partial charge in [-0.2, -0.15) is 15.0 Å². The third kappa shape index (κ3) is 2.71. The molecule has 22 heavy (non-hydrogen) atoms. The van der Waals surface area contributed by atoms with E-state index in [1.165, 1.54) is 5.56 Å². The fraction of sp³-hybridized carbons (Fsp3) is 0.357. The lowest BCUT2D eigenvalue weighted by atomic mass is 9.99. The highest BCUT2D eigenvalue weighted by Crippen LogP contribution is 2.33. The molecule has 0 radical (unpaired) electrons. The first-order chi connectivity index (χ1) is 10.6. The lowest BCUT2D eigenvalue weighted by Crippen LogP contribution is -2.32. The summed E-state index contributed by atoms with van der Waals surface area (Å²) in [6.45, 7) is 1.41. The molecule has 2 heterocycles. The van der Waals surface area contributed by atoms with Crippen LogP contribution in [0.25, 0.3) is 0 Å². The number of hydrogen-bond acceptors (Lipinski definition) is 7. The van der Waals surface area contributed by atoms with Gasteiger partial charge in [-0.25, -0.2) is 0 Å². The van der Waals surface area contributed by atoms with Crippen LogP contribution in [-0.4, -0.2) is 35.7 Å². The monoisotopic (exact) mass is 321 g/mol. The molecule has 1 aromatic carbocycles. The summed E-state index contributed by atoms with van der Waals surface area (Å²) in [5, 5.41) is 0.0978. The third-order valence-corrected chi connectivity index (χ3v) is 3.78. The van der Waals surface area contributed by atoms with Crippen LogP contribution in [0.2, 0.25) is 5.28 Å². The lowest BCUT2D eigenvalue weighted by molar-refractivity contribution is 0.353. The summed E-state index contributed by atoms with van der Waals surface area (Å²) in [5.74, 6) is 2.05. The summed E-state index contributed by atoms with van der Waals surface area (Å²) in [5.41, 5.74) is 8.00. The van der Waals surface area contributed by atoms with Crippen LogP contribution in [0, 0.1) is 0 Å². The van der Waals surface area contributed by atoms with Crippen molar-refractivity contribution in [1.82, 2.24) is 15.0 Å². The molecule has 2 aromatic rings. The Kier molecular flexibility index (Phi) is 3.89. The van der Waals surface area contributed by atoms with Crippen molar-refractivity contribution in [1.29, 1.82) is 0 Å². The number of nitrogen functional groups attached to an aromatic ring is 1. The molecule has 0 unspecified atom stereocenters. The predicted octanol–water partition coefficient (Wildman–Crippen LogP) is 1.69. The molecule has 7 nitrogen and oxygen atoms in total. The van der Waals surface area contributed by atoms with E-state index in [0.29, 0.717) is 18.2 Å². The minimum absolute atomic E-state index is 0.0978. The number of halogens is 1. The topological polar surface area (TPSA) is 86.4 Å². The van der Waals surface area contributed by atoms with E-state index < -0.39 is 0 Å². The summed E-state index contributed by atoms with van der Waals surface area (Å²) in [4.78, 5) is 14.1. The normalized spacial score (nSPS) is 13.7. The molecule has 0 fully saturated rings. The fourth-order valence-corrected chi connectivity index (χ4v) is 2.71. The highest BCUT2D eigenvalue weighted by molar-refractivity contribution is 6.28. The highest BCUT2D eigenvalue weighted by Gasteiger charge is 2.22. The van der Waals surface area contributed by atoms with E-state index in [1.807, 2.05) is 17.0 Å².